The molecule has 23 heavy (non-hydrogen) atoms. The van der Waals surface area contributed by atoms with Crippen LogP contribution < -0.4 is 0 Å². The van der Waals surface area contributed by atoms with Crippen LogP contribution in [0.1, 0.15) is 25.0 Å². The van der Waals surface area contributed by atoms with E-state index >= 15 is 0 Å². The van der Waals surface area contributed by atoms with E-state index in [1.54, 1.807) is 0 Å². The summed E-state index contributed by atoms with van der Waals surface area (Å²) in [5.41, 5.74) is 2.20. The second kappa shape index (κ2) is 9.01. The third-order valence-corrected chi connectivity index (χ3v) is 4.59. The number of benzene rings is 1. The van der Waals surface area contributed by atoms with Gasteiger partial charge in [-0.25, -0.2) is 0 Å². The average Bonchev–Trinajstić information content (AvgIpc) is 2.60. The average molecular weight is 319 g/mol. The fourth-order valence-corrected chi connectivity index (χ4v) is 2.90. The summed E-state index contributed by atoms with van der Waals surface area (Å²) in [6.45, 7) is 11.0. The number of carbonyl (C=O) groups is 1. The number of aliphatic hydroxyl groups excluding tert-OH is 1. The van der Waals surface area contributed by atoms with Crippen molar-refractivity contribution in [1.29, 1.82) is 0 Å². The van der Waals surface area contributed by atoms with E-state index in [9.17, 15) is 4.79 Å². The van der Waals surface area contributed by atoms with E-state index < -0.39 is 0 Å². The normalized spacial score (nSPS) is 16.1. The Morgan fingerprint density at radius 3 is 2.13 bits per heavy atom. The first-order chi connectivity index (χ1) is 11.2. The van der Waals surface area contributed by atoms with Gasteiger partial charge >= 0.3 is 0 Å². The zero-order valence-electron chi connectivity index (χ0n) is 14.4. The number of hydrogen-bond acceptors (Lipinski definition) is 4. The fourth-order valence-electron chi connectivity index (χ4n) is 2.90. The van der Waals surface area contributed by atoms with E-state index in [0.717, 1.165) is 51.4 Å². The summed E-state index contributed by atoms with van der Waals surface area (Å²) in [6, 6.07) is 8.09. The van der Waals surface area contributed by atoms with Gasteiger partial charge in [-0.3, -0.25) is 14.6 Å². The molecule has 1 saturated heterocycles. The molecule has 1 aromatic carbocycles. The maximum Gasteiger partial charge on any atom is 0.236 e. The van der Waals surface area contributed by atoms with Crippen molar-refractivity contribution in [3.63, 3.8) is 0 Å². The van der Waals surface area contributed by atoms with Crippen LogP contribution in [0.25, 0.3) is 0 Å². The highest BCUT2D eigenvalue weighted by Crippen LogP contribution is 2.10. The number of amides is 1. The first-order valence-electron chi connectivity index (χ1n) is 8.57. The van der Waals surface area contributed by atoms with E-state index in [4.69, 9.17) is 5.11 Å². The van der Waals surface area contributed by atoms with Gasteiger partial charge in [0.25, 0.3) is 0 Å². The van der Waals surface area contributed by atoms with Crippen molar-refractivity contribution in [2.24, 2.45) is 0 Å². The van der Waals surface area contributed by atoms with Gasteiger partial charge in [0.15, 0.2) is 0 Å². The van der Waals surface area contributed by atoms with Crippen LogP contribution in [-0.4, -0.2) is 71.5 Å². The van der Waals surface area contributed by atoms with Crippen molar-refractivity contribution in [3.05, 3.63) is 35.4 Å². The lowest BCUT2D eigenvalue weighted by atomic mass is 10.1. The number of nitrogens with zero attached hydrogens (tertiary/aromatic N) is 3. The van der Waals surface area contributed by atoms with Gasteiger partial charge in [-0.15, -0.1) is 0 Å². The Balaban J connectivity index is 1.77. The molecule has 1 N–H and O–H groups in total. The summed E-state index contributed by atoms with van der Waals surface area (Å²) in [4.78, 5) is 18.8. The van der Waals surface area contributed by atoms with Crippen molar-refractivity contribution in [3.8, 4) is 0 Å². The summed E-state index contributed by atoms with van der Waals surface area (Å²) in [5.74, 6) is 0.251. The van der Waals surface area contributed by atoms with Crippen LogP contribution in [0.15, 0.2) is 24.3 Å². The molecule has 1 amide bonds. The smallest absolute Gasteiger partial charge is 0.236 e. The third-order valence-electron chi connectivity index (χ3n) is 4.59. The van der Waals surface area contributed by atoms with Crippen molar-refractivity contribution in [2.75, 3.05) is 45.8 Å². The molecule has 2 rings (SSSR count). The highest BCUT2D eigenvalue weighted by molar-refractivity contribution is 5.78. The topological polar surface area (TPSA) is 47.0 Å². The Morgan fingerprint density at radius 2 is 1.61 bits per heavy atom. The first-order valence-corrected chi connectivity index (χ1v) is 8.57. The third kappa shape index (κ3) is 5.30. The van der Waals surface area contributed by atoms with E-state index in [2.05, 4.69) is 35.8 Å². The molecule has 5 heteroatoms. The van der Waals surface area contributed by atoms with Gasteiger partial charge in [0, 0.05) is 32.7 Å². The molecule has 0 spiro atoms. The first kappa shape index (κ1) is 17.9. The highest BCUT2D eigenvalue weighted by Gasteiger charge is 2.21. The molecule has 1 aliphatic rings. The molecule has 1 aliphatic heterocycles. The largest absolute Gasteiger partial charge is 0.392 e. The number of likely N-dealkylation sites (N-methyl/N-ethyl adjacent to an activating group) is 1. The zero-order valence-corrected chi connectivity index (χ0v) is 14.4. The summed E-state index contributed by atoms with van der Waals surface area (Å²) < 4.78 is 0. The zero-order chi connectivity index (χ0) is 16.7. The van der Waals surface area contributed by atoms with Gasteiger partial charge in [0.1, 0.15) is 0 Å². The maximum absolute atomic E-state index is 12.3. The Bertz CT molecular complexity index is 478. The number of piperazine rings is 1. The van der Waals surface area contributed by atoms with Gasteiger partial charge in [0.05, 0.1) is 13.2 Å². The van der Waals surface area contributed by atoms with Crippen molar-refractivity contribution in [2.45, 2.75) is 27.0 Å². The summed E-state index contributed by atoms with van der Waals surface area (Å²) in [6.07, 6.45) is 0. The van der Waals surface area contributed by atoms with Crippen LogP contribution in [0.2, 0.25) is 0 Å². The molecule has 1 heterocycles. The van der Waals surface area contributed by atoms with Crippen LogP contribution in [0.3, 0.4) is 0 Å². The lowest BCUT2D eigenvalue weighted by molar-refractivity contribution is -0.134. The molecule has 1 fully saturated rings. The SMILES string of the molecule is CCN(CC)CC(=O)N1CCN(Cc2ccc(CO)cc2)CC1. The lowest BCUT2D eigenvalue weighted by Gasteiger charge is -2.35. The number of rotatable bonds is 7. The van der Waals surface area contributed by atoms with Crippen LogP contribution in [0, 0.1) is 0 Å². The van der Waals surface area contributed by atoms with E-state index in [0.29, 0.717) is 6.54 Å². The molecule has 0 bridgehead atoms. The number of aliphatic hydroxyl groups is 1. The molecule has 5 nitrogen and oxygen atoms in total. The predicted molar refractivity (Wildman–Crippen MR) is 92.0 cm³/mol. The van der Waals surface area contributed by atoms with Gasteiger partial charge in [-0.05, 0) is 24.2 Å². The monoisotopic (exact) mass is 319 g/mol. The molecule has 0 radical (unpaired) electrons. The second-order valence-electron chi connectivity index (χ2n) is 6.09. The minimum atomic E-state index is 0.0909. The summed E-state index contributed by atoms with van der Waals surface area (Å²) >= 11 is 0. The van der Waals surface area contributed by atoms with Crippen LogP contribution in [0.5, 0.6) is 0 Å². The maximum atomic E-state index is 12.3. The quantitative estimate of drug-likeness (QED) is 0.819. The van der Waals surface area contributed by atoms with Gasteiger partial charge in [0.2, 0.25) is 5.91 Å². The molecule has 0 unspecified atom stereocenters. The Kier molecular flexibility index (Phi) is 7.02. The molecule has 1 aromatic rings. The minimum Gasteiger partial charge on any atom is -0.392 e. The summed E-state index contributed by atoms with van der Waals surface area (Å²) in [5, 5.41) is 9.08. The second-order valence-corrected chi connectivity index (χ2v) is 6.09. The standard InChI is InChI=1S/C18H29N3O2/c1-3-19(4-2)14-18(23)21-11-9-20(10-12-21)13-16-5-7-17(15-22)8-6-16/h5-8,22H,3-4,9-15H2,1-2H3. The Labute approximate surface area is 139 Å². The molecular weight excluding hydrogens is 290 g/mol. The summed E-state index contributed by atoms with van der Waals surface area (Å²) in [7, 11) is 0. The Morgan fingerprint density at radius 1 is 1.04 bits per heavy atom. The van der Waals surface area contributed by atoms with Gasteiger partial charge < -0.3 is 10.0 Å². The molecule has 0 atom stereocenters. The van der Waals surface area contributed by atoms with Crippen LogP contribution >= 0.6 is 0 Å². The number of hydrogen-bond donors (Lipinski definition) is 1. The predicted octanol–water partition coefficient (Wildman–Crippen LogP) is 1.16. The van der Waals surface area contributed by atoms with E-state index in [-0.39, 0.29) is 12.5 Å². The minimum absolute atomic E-state index is 0.0909. The molecular formula is C18H29N3O2. The molecule has 128 valence electrons. The van der Waals surface area contributed by atoms with Crippen molar-refractivity contribution < 1.29 is 9.90 Å². The van der Waals surface area contributed by atoms with Gasteiger partial charge in [-0.1, -0.05) is 38.1 Å². The van der Waals surface area contributed by atoms with Gasteiger partial charge in [-0.2, -0.15) is 0 Å². The van der Waals surface area contributed by atoms with E-state index in [1.807, 2.05) is 17.0 Å². The number of carbonyl (C=O) groups excluding carboxylic acids is 1. The molecule has 0 aromatic heterocycles. The fraction of sp³-hybridized carbons (Fsp3) is 0.611. The van der Waals surface area contributed by atoms with Crippen molar-refractivity contribution >= 4 is 5.91 Å². The Hall–Kier alpha value is -1.43. The lowest BCUT2D eigenvalue weighted by Crippen LogP contribution is -2.50. The molecule has 0 saturated carbocycles. The van der Waals surface area contributed by atoms with E-state index in [1.165, 1.54) is 5.56 Å². The van der Waals surface area contributed by atoms with Crippen LogP contribution in [-0.2, 0) is 17.9 Å². The molecule has 0 aliphatic carbocycles. The van der Waals surface area contributed by atoms with Crippen molar-refractivity contribution in [1.82, 2.24) is 14.7 Å². The highest BCUT2D eigenvalue weighted by atomic mass is 16.3. The van der Waals surface area contributed by atoms with Crippen LogP contribution in [0.4, 0.5) is 0 Å².